The lowest BCUT2D eigenvalue weighted by Crippen LogP contribution is -2.17. The van der Waals surface area contributed by atoms with E-state index in [1.165, 1.54) is 0 Å². The standard InChI is InChI=1S/C25H25ClN2O4/c1-3-30-23-13-12-19(15-24(23)31-4-2)25(29)28-27-16-18-8-7-10-21(14-18)32-17-20-9-5-6-11-22(20)26/h5-16H,3-4,17H2,1-2H3,(H,28,29)/b27-16+. The first-order chi connectivity index (χ1) is 15.6. The van der Waals surface area contributed by atoms with Crippen molar-refractivity contribution >= 4 is 23.7 Å². The van der Waals surface area contributed by atoms with Crippen LogP contribution in [0.1, 0.15) is 35.3 Å². The molecule has 0 unspecified atom stereocenters. The first-order valence-electron chi connectivity index (χ1n) is 10.3. The average molecular weight is 453 g/mol. The van der Waals surface area contributed by atoms with E-state index in [0.29, 0.717) is 47.7 Å². The van der Waals surface area contributed by atoms with Crippen molar-refractivity contribution in [3.05, 3.63) is 88.4 Å². The second-order valence-electron chi connectivity index (χ2n) is 6.68. The van der Waals surface area contributed by atoms with Crippen molar-refractivity contribution in [2.75, 3.05) is 13.2 Å². The van der Waals surface area contributed by atoms with Crippen LogP contribution in [0.15, 0.2) is 71.8 Å². The van der Waals surface area contributed by atoms with Crippen LogP contribution in [0.4, 0.5) is 0 Å². The summed E-state index contributed by atoms with van der Waals surface area (Å²) < 4.78 is 16.9. The zero-order valence-corrected chi connectivity index (χ0v) is 18.8. The topological polar surface area (TPSA) is 69.2 Å². The van der Waals surface area contributed by atoms with Gasteiger partial charge in [0.25, 0.3) is 5.91 Å². The summed E-state index contributed by atoms with van der Waals surface area (Å²) in [6, 6.07) is 20.0. The number of hydrogen-bond acceptors (Lipinski definition) is 5. The molecule has 0 aromatic heterocycles. The number of amides is 1. The molecule has 0 aliphatic heterocycles. The Hall–Kier alpha value is -3.51. The third-order valence-corrected chi connectivity index (χ3v) is 4.76. The molecule has 166 valence electrons. The SMILES string of the molecule is CCOc1ccc(C(=O)N/N=C/c2cccc(OCc3ccccc3Cl)c2)cc1OCC. The smallest absolute Gasteiger partial charge is 0.271 e. The lowest BCUT2D eigenvalue weighted by Gasteiger charge is -2.11. The first-order valence-corrected chi connectivity index (χ1v) is 10.7. The lowest BCUT2D eigenvalue weighted by molar-refractivity contribution is 0.0954. The molecular formula is C25H25ClN2O4. The molecule has 0 radical (unpaired) electrons. The van der Waals surface area contributed by atoms with Gasteiger partial charge in [-0.1, -0.05) is 41.9 Å². The van der Waals surface area contributed by atoms with Crippen LogP contribution >= 0.6 is 11.6 Å². The molecule has 3 aromatic carbocycles. The molecule has 3 aromatic rings. The highest BCUT2D eigenvalue weighted by Crippen LogP contribution is 2.28. The Labute approximate surface area is 192 Å². The van der Waals surface area contributed by atoms with E-state index in [1.807, 2.05) is 62.4 Å². The van der Waals surface area contributed by atoms with Crippen LogP contribution in [0.25, 0.3) is 0 Å². The maximum Gasteiger partial charge on any atom is 0.271 e. The van der Waals surface area contributed by atoms with Gasteiger partial charge in [-0.05, 0) is 55.8 Å². The summed E-state index contributed by atoms with van der Waals surface area (Å²) in [6.07, 6.45) is 1.55. The maximum atomic E-state index is 12.5. The molecule has 0 atom stereocenters. The van der Waals surface area contributed by atoms with Crippen molar-refractivity contribution in [2.24, 2.45) is 5.10 Å². The summed E-state index contributed by atoms with van der Waals surface area (Å²) in [7, 11) is 0. The number of halogens is 1. The van der Waals surface area contributed by atoms with Gasteiger partial charge in [-0.3, -0.25) is 4.79 Å². The van der Waals surface area contributed by atoms with Crippen LogP contribution in [-0.2, 0) is 6.61 Å². The molecule has 0 aliphatic carbocycles. The second kappa shape index (κ2) is 11.8. The minimum absolute atomic E-state index is 0.351. The highest BCUT2D eigenvalue weighted by Gasteiger charge is 2.11. The minimum atomic E-state index is -0.351. The fourth-order valence-electron chi connectivity index (χ4n) is 2.88. The van der Waals surface area contributed by atoms with E-state index in [0.717, 1.165) is 11.1 Å². The van der Waals surface area contributed by atoms with Crippen LogP contribution in [-0.4, -0.2) is 25.3 Å². The summed E-state index contributed by atoms with van der Waals surface area (Å²) in [6.45, 7) is 5.10. The fourth-order valence-corrected chi connectivity index (χ4v) is 3.07. The molecule has 7 heteroatoms. The summed E-state index contributed by atoms with van der Waals surface area (Å²) in [5.74, 6) is 1.45. The largest absolute Gasteiger partial charge is 0.490 e. The highest BCUT2D eigenvalue weighted by atomic mass is 35.5. The minimum Gasteiger partial charge on any atom is -0.490 e. The third kappa shape index (κ3) is 6.49. The number of benzene rings is 3. The van der Waals surface area contributed by atoms with Gasteiger partial charge in [-0.25, -0.2) is 5.43 Å². The number of hydrazone groups is 1. The molecule has 0 saturated heterocycles. The number of rotatable bonds is 10. The summed E-state index contributed by atoms with van der Waals surface area (Å²) in [5.41, 5.74) is 4.64. The van der Waals surface area contributed by atoms with Crippen molar-refractivity contribution in [2.45, 2.75) is 20.5 Å². The highest BCUT2D eigenvalue weighted by molar-refractivity contribution is 6.31. The summed E-state index contributed by atoms with van der Waals surface area (Å²) in [5, 5.41) is 4.71. The van der Waals surface area contributed by atoms with E-state index < -0.39 is 0 Å². The van der Waals surface area contributed by atoms with Crippen LogP contribution < -0.4 is 19.6 Å². The number of hydrogen-bond donors (Lipinski definition) is 1. The molecule has 0 fully saturated rings. The number of nitrogens with zero attached hydrogens (tertiary/aromatic N) is 1. The van der Waals surface area contributed by atoms with Gasteiger partial charge in [0.2, 0.25) is 0 Å². The lowest BCUT2D eigenvalue weighted by atomic mass is 10.2. The normalized spacial score (nSPS) is 10.7. The number of ether oxygens (including phenoxy) is 3. The van der Waals surface area contributed by atoms with E-state index in [9.17, 15) is 4.79 Å². The van der Waals surface area contributed by atoms with Crippen LogP contribution in [0.5, 0.6) is 17.2 Å². The molecule has 0 aliphatic rings. The zero-order chi connectivity index (χ0) is 22.8. The van der Waals surface area contributed by atoms with Crippen LogP contribution in [0.2, 0.25) is 5.02 Å². The molecular weight excluding hydrogens is 428 g/mol. The van der Waals surface area contributed by atoms with E-state index in [4.69, 9.17) is 25.8 Å². The summed E-state index contributed by atoms with van der Waals surface area (Å²) in [4.78, 5) is 12.5. The average Bonchev–Trinajstić information content (AvgIpc) is 2.80. The van der Waals surface area contributed by atoms with Crippen molar-refractivity contribution in [3.63, 3.8) is 0 Å². The number of carbonyl (C=O) groups is 1. The van der Waals surface area contributed by atoms with Gasteiger partial charge < -0.3 is 14.2 Å². The molecule has 1 N–H and O–H groups in total. The third-order valence-electron chi connectivity index (χ3n) is 4.40. The van der Waals surface area contributed by atoms with Crippen molar-refractivity contribution < 1.29 is 19.0 Å². The Morgan fingerprint density at radius 1 is 0.938 bits per heavy atom. The van der Waals surface area contributed by atoms with Crippen LogP contribution in [0, 0.1) is 0 Å². The van der Waals surface area contributed by atoms with E-state index in [2.05, 4.69) is 10.5 Å². The van der Waals surface area contributed by atoms with E-state index in [-0.39, 0.29) is 5.91 Å². The predicted molar refractivity (Wildman–Crippen MR) is 126 cm³/mol. The van der Waals surface area contributed by atoms with Gasteiger partial charge in [0.15, 0.2) is 11.5 Å². The van der Waals surface area contributed by atoms with Gasteiger partial charge in [0.05, 0.1) is 19.4 Å². The van der Waals surface area contributed by atoms with Crippen molar-refractivity contribution in [1.82, 2.24) is 5.43 Å². The Morgan fingerprint density at radius 2 is 1.72 bits per heavy atom. The Bertz CT molecular complexity index is 1090. The molecule has 1 amide bonds. The molecule has 32 heavy (non-hydrogen) atoms. The quantitative estimate of drug-likeness (QED) is 0.326. The van der Waals surface area contributed by atoms with E-state index in [1.54, 1.807) is 24.4 Å². The van der Waals surface area contributed by atoms with Gasteiger partial charge >= 0.3 is 0 Å². The van der Waals surface area contributed by atoms with E-state index >= 15 is 0 Å². The Balaban J connectivity index is 1.61. The maximum absolute atomic E-state index is 12.5. The van der Waals surface area contributed by atoms with Crippen molar-refractivity contribution in [1.29, 1.82) is 0 Å². The van der Waals surface area contributed by atoms with Crippen LogP contribution in [0.3, 0.4) is 0 Å². The Morgan fingerprint density at radius 3 is 2.50 bits per heavy atom. The van der Waals surface area contributed by atoms with Gasteiger partial charge in [-0.15, -0.1) is 0 Å². The first kappa shape index (κ1) is 23.2. The predicted octanol–water partition coefficient (Wildman–Crippen LogP) is 5.48. The van der Waals surface area contributed by atoms with Gasteiger partial charge in [-0.2, -0.15) is 5.10 Å². The summed E-state index contributed by atoms with van der Waals surface area (Å²) >= 11 is 6.17. The zero-order valence-electron chi connectivity index (χ0n) is 18.0. The molecule has 3 rings (SSSR count). The fraction of sp³-hybridized carbons (Fsp3) is 0.200. The molecule has 0 heterocycles. The number of carbonyl (C=O) groups excluding carboxylic acids is 1. The van der Waals surface area contributed by atoms with Gasteiger partial charge in [0, 0.05) is 16.1 Å². The van der Waals surface area contributed by atoms with Crippen molar-refractivity contribution in [3.8, 4) is 17.2 Å². The monoisotopic (exact) mass is 452 g/mol. The van der Waals surface area contributed by atoms with Gasteiger partial charge in [0.1, 0.15) is 12.4 Å². The molecule has 6 nitrogen and oxygen atoms in total. The Kier molecular flexibility index (Phi) is 8.52. The second-order valence-corrected chi connectivity index (χ2v) is 7.09. The molecule has 0 saturated carbocycles. The number of nitrogens with one attached hydrogen (secondary N) is 1. The molecule has 0 spiro atoms. The molecule has 0 bridgehead atoms.